The Morgan fingerprint density at radius 3 is 1.96 bits per heavy atom. The fraction of sp³-hybridized carbons (Fsp3) is 0.750. The molecule has 0 aliphatic carbocycles. The van der Waals surface area contributed by atoms with Crippen LogP contribution in [0.1, 0.15) is 25.2 Å². The Hall–Kier alpha value is -0.890. The van der Waals surface area contributed by atoms with Crippen LogP contribution in [-0.2, 0) is 16.8 Å². The molecule has 23 heavy (non-hydrogen) atoms. The largest absolute Gasteiger partial charge is 0.348 e. The number of aryl methyl sites for hydroxylation is 2. The van der Waals surface area contributed by atoms with Gasteiger partial charge in [0.1, 0.15) is 0 Å². The van der Waals surface area contributed by atoms with Gasteiger partial charge in [-0.25, -0.2) is 0 Å². The van der Waals surface area contributed by atoms with Crippen LogP contribution in [0, 0.1) is 13.8 Å². The van der Waals surface area contributed by atoms with Crippen molar-refractivity contribution < 1.29 is 8.42 Å². The van der Waals surface area contributed by atoms with Gasteiger partial charge in [-0.05, 0) is 26.0 Å². The van der Waals surface area contributed by atoms with Crippen molar-refractivity contribution in [2.24, 2.45) is 0 Å². The molecule has 6 nitrogen and oxygen atoms in total. The van der Waals surface area contributed by atoms with Gasteiger partial charge in [-0.3, -0.25) is 4.90 Å². The normalized spacial score (nSPS) is 18.0. The van der Waals surface area contributed by atoms with Crippen LogP contribution in [-0.4, -0.2) is 72.3 Å². The third-order valence-electron chi connectivity index (χ3n) is 4.75. The fourth-order valence-electron chi connectivity index (χ4n) is 3.19. The Balaban J connectivity index is 1.87. The second-order valence-corrected chi connectivity index (χ2v) is 8.03. The first-order valence-electron chi connectivity index (χ1n) is 8.50. The van der Waals surface area contributed by atoms with E-state index in [1.54, 1.807) is 4.31 Å². The van der Waals surface area contributed by atoms with Gasteiger partial charge < -0.3 is 4.57 Å². The summed E-state index contributed by atoms with van der Waals surface area (Å²) in [5.41, 5.74) is 2.57. The topological polar surface area (TPSA) is 48.8 Å². The first-order chi connectivity index (χ1) is 10.9. The first-order valence-corrected chi connectivity index (χ1v) is 9.90. The van der Waals surface area contributed by atoms with Gasteiger partial charge in [0.15, 0.2) is 0 Å². The van der Waals surface area contributed by atoms with Gasteiger partial charge in [-0.1, -0.05) is 13.8 Å². The van der Waals surface area contributed by atoms with Crippen molar-refractivity contribution >= 4 is 10.2 Å². The van der Waals surface area contributed by atoms with Gasteiger partial charge >= 0.3 is 0 Å². The third kappa shape index (κ3) is 4.15. The van der Waals surface area contributed by atoms with Crippen LogP contribution in [0.2, 0.25) is 0 Å². The lowest BCUT2D eigenvalue weighted by Crippen LogP contribution is -2.53. The minimum atomic E-state index is -3.28. The number of hydrogen-bond acceptors (Lipinski definition) is 3. The second kappa shape index (κ2) is 7.79. The molecule has 1 aromatic heterocycles. The Morgan fingerprint density at radius 1 is 0.957 bits per heavy atom. The van der Waals surface area contributed by atoms with E-state index in [0.29, 0.717) is 26.2 Å². The summed E-state index contributed by atoms with van der Waals surface area (Å²) < 4.78 is 30.5. The maximum Gasteiger partial charge on any atom is 0.282 e. The average molecular weight is 343 g/mol. The Bertz CT molecular complexity index is 580. The molecular weight excluding hydrogens is 312 g/mol. The first kappa shape index (κ1) is 18.4. The lowest BCUT2D eigenvalue weighted by molar-refractivity contribution is 0.176. The predicted molar refractivity (Wildman–Crippen MR) is 93.8 cm³/mol. The van der Waals surface area contributed by atoms with Crippen molar-refractivity contribution in [3.8, 4) is 0 Å². The highest BCUT2D eigenvalue weighted by atomic mass is 32.2. The summed E-state index contributed by atoms with van der Waals surface area (Å²) in [6.07, 6.45) is 0. The standard InChI is InChI=1S/C16H30N4O2S/c1-5-18(6-2)23(21,22)19-12-9-17(10-13-19)11-14-20-15(3)7-8-16(20)4/h7-8H,5-6,9-14H2,1-4H3. The maximum absolute atomic E-state index is 12.5. The number of nitrogens with zero attached hydrogens (tertiary/aromatic N) is 4. The van der Waals surface area contributed by atoms with Crippen LogP contribution in [0.25, 0.3) is 0 Å². The van der Waals surface area contributed by atoms with Crippen LogP contribution < -0.4 is 0 Å². The Kier molecular flexibility index (Phi) is 6.25. The minimum absolute atomic E-state index is 0.533. The zero-order chi connectivity index (χ0) is 17.0. The van der Waals surface area contributed by atoms with E-state index >= 15 is 0 Å². The molecule has 0 amide bonds. The maximum atomic E-state index is 12.5. The molecule has 0 aromatic carbocycles. The van der Waals surface area contributed by atoms with Crippen molar-refractivity contribution in [1.82, 2.24) is 18.1 Å². The van der Waals surface area contributed by atoms with E-state index in [4.69, 9.17) is 0 Å². The number of hydrogen-bond donors (Lipinski definition) is 0. The smallest absolute Gasteiger partial charge is 0.282 e. The molecule has 7 heteroatoms. The predicted octanol–water partition coefficient (Wildman–Crippen LogP) is 1.31. The molecule has 0 bridgehead atoms. The van der Waals surface area contributed by atoms with E-state index in [1.165, 1.54) is 15.7 Å². The lowest BCUT2D eigenvalue weighted by atomic mass is 10.3. The summed E-state index contributed by atoms with van der Waals surface area (Å²) in [5.74, 6) is 0. The zero-order valence-corrected chi connectivity index (χ0v) is 15.6. The summed E-state index contributed by atoms with van der Waals surface area (Å²) >= 11 is 0. The molecule has 2 heterocycles. The molecule has 0 spiro atoms. The number of aromatic nitrogens is 1. The molecule has 1 aliphatic heterocycles. The van der Waals surface area contributed by atoms with Gasteiger partial charge in [-0.2, -0.15) is 17.0 Å². The molecule has 0 unspecified atom stereocenters. The van der Waals surface area contributed by atoms with Crippen LogP contribution >= 0.6 is 0 Å². The Labute approximate surface area is 140 Å². The lowest BCUT2D eigenvalue weighted by Gasteiger charge is -2.36. The highest BCUT2D eigenvalue weighted by Gasteiger charge is 2.30. The van der Waals surface area contributed by atoms with E-state index in [2.05, 4.69) is 35.4 Å². The van der Waals surface area contributed by atoms with Crippen LogP contribution in [0.5, 0.6) is 0 Å². The van der Waals surface area contributed by atoms with E-state index < -0.39 is 10.2 Å². The van der Waals surface area contributed by atoms with Gasteiger partial charge in [-0.15, -0.1) is 0 Å². The fourth-order valence-corrected chi connectivity index (χ4v) is 4.79. The van der Waals surface area contributed by atoms with Gasteiger partial charge in [0.05, 0.1) is 0 Å². The van der Waals surface area contributed by atoms with Crippen LogP contribution in [0.4, 0.5) is 0 Å². The second-order valence-electron chi connectivity index (χ2n) is 6.10. The van der Waals surface area contributed by atoms with Crippen molar-refractivity contribution in [1.29, 1.82) is 0 Å². The van der Waals surface area contributed by atoms with E-state index in [1.807, 2.05) is 13.8 Å². The molecule has 0 saturated carbocycles. The molecule has 2 rings (SSSR count). The molecule has 0 radical (unpaired) electrons. The monoisotopic (exact) mass is 342 g/mol. The third-order valence-corrected chi connectivity index (χ3v) is 6.93. The highest BCUT2D eigenvalue weighted by molar-refractivity contribution is 7.86. The van der Waals surface area contributed by atoms with E-state index in [-0.39, 0.29) is 0 Å². The summed E-state index contributed by atoms with van der Waals surface area (Å²) in [5, 5.41) is 0. The number of piperazine rings is 1. The molecular formula is C16H30N4O2S. The van der Waals surface area contributed by atoms with Gasteiger partial charge in [0.2, 0.25) is 0 Å². The summed E-state index contributed by atoms with van der Waals surface area (Å²) in [6.45, 7) is 13.8. The number of rotatable bonds is 7. The zero-order valence-electron chi connectivity index (χ0n) is 14.8. The van der Waals surface area contributed by atoms with Crippen molar-refractivity contribution in [2.45, 2.75) is 34.2 Å². The SMILES string of the molecule is CCN(CC)S(=O)(=O)N1CCN(CCn2c(C)ccc2C)CC1. The van der Waals surface area contributed by atoms with E-state index in [9.17, 15) is 8.42 Å². The quantitative estimate of drug-likeness (QED) is 0.751. The Morgan fingerprint density at radius 2 is 1.48 bits per heavy atom. The molecule has 0 N–H and O–H groups in total. The van der Waals surface area contributed by atoms with Gasteiger partial charge in [0.25, 0.3) is 10.2 Å². The van der Waals surface area contributed by atoms with Crippen molar-refractivity contribution in [3.05, 3.63) is 23.5 Å². The van der Waals surface area contributed by atoms with Crippen molar-refractivity contribution in [2.75, 3.05) is 45.8 Å². The summed E-state index contributed by atoms with van der Waals surface area (Å²) in [7, 11) is -3.28. The minimum Gasteiger partial charge on any atom is -0.348 e. The average Bonchev–Trinajstić information content (AvgIpc) is 2.85. The van der Waals surface area contributed by atoms with Crippen LogP contribution in [0.3, 0.4) is 0 Å². The molecule has 0 atom stereocenters. The van der Waals surface area contributed by atoms with E-state index in [0.717, 1.165) is 26.2 Å². The van der Waals surface area contributed by atoms with Crippen LogP contribution in [0.15, 0.2) is 12.1 Å². The summed E-state index contributed by atoms with van der Waals surface area (Å²) in [6, 6.07) is 4.29. The highest BCUT2D eigenvalue weighted by Crippen LogP contribution is 2.13. The molecule has 1 aromatic rings. The molecule has 1 aliphatic rings. The molecule has 1 fully saturated rings. The van der Waals surface area contributed by atoms with Gasteiger partial charge in [0, 0.05) is 63.7 Å². The summed E-state index contributed by atoms with van der Waals surface area (Å²) in [4.78, 5) is 2.35. The molecule has 1 saturated heterocycles. The molecule has 132 valence electrons. The van der Waals surface area contributed by atoms with Crippen molar-refractivity contribution in [3.63, 3.8) is 0 Å².